The lowest BCUT2D eigenvalue weighted by atomic mass is 9.89. The number of fused-ring (bicyclic) bond motifs is 3. The van der Waals surface area contributed by atoms with E-state index in [0.717, 1.165) is 17.1 Å². The van der Waals surface area contributed by atoms with E-state index in [0.29, 0.717) is 0 Å². The Morgan fingerprint density at radius 1 is 0.226 bits per heavy atom. The fourth-order valence-electron chi connectivity index (χ4n) is 9.00. The van der Waals surface area contributed by atoms with Crippen molar-refractivity contribution in [3.8, 4) is 66.8 Å². The molecule has 0 amide bonds. The molecule has 0 aliphatic carbocycles. The molecule has 62 heavy (non-hydrogen) atoms. The van der Waals surface area contributed by atoms with Gasteiger partial charge in [-0.25, -0.2) is 0 Å². The molecule has 0 fully saturated rings. The third kappa shape index (κ3) is 6.97. The maximum atomic E-state index is 2.39. The van der Waals surface area contributed by atoms with Gasteiger partial charge in [0.25, 0.3) is 0 Å². The molecule has 0 saturated carbocycles. The third-order valence-corrected chi connectivity index (χ3v) is 13.1. The molecule has 1 nitrogen and oxygen atoms in total. The van der Waals surface area contributed by atoms with Crippen LogP contribution in [0.5, 0.6) is 0 Å². The Labute approximate surface area is 367 Å². The van der Waals surface area contributed by atoms with E-state index in [1.54, 1.807) is 0 Å². The van der Waals surface area contributed by atoms with Crippen LogP contribution in [0.3, 0.4) is 0 Å². The van der Waals surface area contributed by atoms with E-state index >= 15 is 0 Å². The van der Waals surface area contributed by atoms with E-state index in [-0.39, 0.29) is 0 Å². The van der Waals surface area contributed by atoms with Crippen LogP contribution in [-0.2, 0) is 0 Å². The third-order valence-electron chi connectivity index (χ3n) is 12.0. The predicted octanol–water partition coefficient (Wildman–Crippen LogP) is 17.5. The molecule has 0 spiro atoms. The predicted molar refractivity (Wildman–Crippen MR) is 267 cm³/mol. The van der Waals surface area contributed by atoms with Gasteiger partial charge >= 0.3 is 0 Å². The lowest BCUT2D eigenvalue weighted by Gasteiger charge is -2.26. The van der Waals surface area contributed by atoms with Crippen molar-refractivity contribution in [2.24, 2.45) is 0 Å². The number of thiophene rings is 1. The van der Waals surface area contributed by atoms with Crippen molar-refractivity contribution >= 4 is 48.6 Å². The Kier molecular flexibility index (Phi) is 9.82. The number of hydrogen-bond donors (Lipinski definition) is 0. The molecule has 11 rings (SSSR count). The first kappa shape index (κ1) is 37.2. The summed E-state index contributed by atoms with van der Waals surface area (Å²) in [6.45, 7) is 0. The average molecular weight is 808 g/mol. The number of nitrogens with zero attached hydrogens (tertiary/aromatic N) is 1. The topological polar surface area (TPSA) is 3.24 Å². The highest BCUT2D eigenvalue weighted by molar-refractivity contribution is 7.25. The first-order chi connectivity index (χ1) is 30.8. The van der Waals surface area contributed by atoms with E-state index in [4.69, 9.17) is 0 Å². The van der Waals surface area contributed by atoms with Gasteiger partial charge in [0.2, 0.25) is 0 Å². The zero-order valence-electron chi connectivity index (χ0n) is 34.0. The van der Waals surface area contributed by atoms with Crippen molar-refractivity contribution < 1.29 is 0 Å². The van der Waals surface area contributed by atoms with Crippen molar-refractivity contribution in [3.63, 3.8) is 0 Å². The molecule has 10 aromatic carbocycles. The molecule has 0 saturated heterocycles. The molecule has 0 unspecified atom stereocenters. The van der Waals surface area contributed by atoms with Gasteiger partial charge in [-0.2, -0.15) is 0 Å². The Morgan fingerprint density at radius 3 is 0.984 bits per heavy atom. The van der Waals surface area contributed by atoms with Gasteiger partial charge in [0, 0.05) is 37.2 Å². The molecule has 0 bridgehead atoms. The molecule has 0 aliphatic heterocycles. The molecule has 0 atom stereocenters. The van der Waals surface area contributed by atoms with Crippen LogP contribution in [0.4, 0.5) is 17.1 Å². The van der Waals surface area contributed by atoms with Gasteiger partial charge in [0.15, 0.2) is 0 Å². The highest BCUT2D eigenvalue weighted by atomic mass is 32.1. The Bertz CT molecular complexity index is 3160. The summed E-state index contributed by atoms with van der Waals surface area (Å²) in [7, 11) is 0. The van der Waals surface area contributed by atoms with Crippen LogP contribution >= 0.6 is 11.3 Å². The number of anilines is 3. The van der Waals surface area contributed by atoms with E-state index in [1.807, 2.05) is 11.3 Å². The molecule has 2 heteroatoms. The zero-order valence-corrected chi connectivity index (χ0v) is 34.8. The van der Waals surface area contributed by atoms with Crippen LogP contribution < -0.4 is 4.90 Å². The summed E-state index contributed by atoms with van der Waals surface area (Å²) in [5.74, 6) is 0. The zero-order chi connectivity index (χ0) is 41.2. The van der Waals surface area contributed by atoms with Crippen LogP contribution in [0.15, 0.2) is 249 Å². The number of rotatable bonds is 9. The monoisotopic (exact) mass is 807 g/mol. The van der Waals surface area contributed by atoms with Crippen LogP contribution in [0.1, 0.15) is 0 Å². The van der Waals surface area contributed by atoms with Crippen molar-refractivity contribution in [1.82, 2.24) is 0 Å². The van der Waals surface area contributed by atoms with Crippen LogP contribution in [0, 0.1) is 0 Å². The number of hydrogen-bond acceptors (Lipinski definition) is 2. The maximum Gasteiger partial charge on any atom is 0.0476 e. The lowest BCUT2D eigenvalue weighted by molar-refractivity contribution is 1.29. The van der Waals surface area contributed by atoms with Gasteiger partial charge in [-0.15, -0.1) is 11.3 Å². The number of benzene rings is 10. The van der Waals surface area contributed by atoms with Gasteiger partial charge in [0.1, 0.15) is 0 Å². The molecule has 292 valence electrons. The van der Waals surface area contributed by atoms with E-state index < -0.39 is 0 Å². The van der Waals surface area contributed by atoms with Gasteiger partial charge in [0.05, 0.1) is 0 Å². The van der Waals surface area contributed by atoms with Crippen molar-refractivity contribution in [3.05, 3.63) is 249 Å². The molecular formula is C60H41NS. The van der Waals surface area contributed by atoms with Crippen LogP contribution in [-0.4, -0.2) is 0 Å². The quantitative estimate of drug-likeness (QED) is 0.140. The smallest absolute Gasteiger partial charge is 0.0476 e. The molecule has 0 N–H and O–H groups in total. The van der Waals surface area contributed by atoms with Crippen LogP contribution in [0.2, 0.25) is 0 Å². The summed E-state index contributed by atoms with van der Waals surface area (Å²) in [6.07, 6.45) is 0. The Hall–Kier alpha value is -7.78. The molecule has 1 aromatic heterocycles. The molecular weight excluding hydrogens is 767 g/mol. The summed E-state index contributed by atoms with van der Waals surface area (Å²) in [5, 5.41) is 2.60. The fraction of sp³-hybridized carbons (Fsp3) is 0. The Morgan fingerprint density at radius 2 is 0.548 bits per heavy atom. The van der Waals surface area contributed by atoms with E-state index in [9.17, 15) is 0 Å². The van der Waals surface area contributed by atoms with Crippen molar-refractivity contribution in [2.75, 3.05) is 4.90 Å². The maximum absolute atomic E-state index is 2.39. The summed E-state index contributed by atoms with van der Waals surface area (Å²) in [4.78, 5) is 2.39. The minimum absolute atomic E-state index is 1.10. The average Bonchev–Trinajstić information content (AvgIpc) is 3.73. The van der Waals surface area contributed by atoms with Gasteiger partial charge in [-0.05, 0) is 109 Å². The first-order valence-electron chi connectivity index (χ1n) is 21.2. The summed E-state index contributed by atoms with van der Waals surface area (Å²) >= 11 is 1.85. The fourth-order valence-corrected chi connectivity index (χ4v) is 10.1. The summed E-state index contributed by atoms with van der Waals surface area (Å²) < 4.78 is 2.58. The Balaban J connectivity index is 1.000. The van der Waals surface area contributed by atoms with E-state index in [1.165, 1.54) is 86.9 Å². The highest BCUT2D eigenvalue weighted by Crippen LogP contribution is 2.44. The second-order valence-corrected chi connectivity index (χ2v) is 16.7. The SMILES string of the molecule is c1ccc(-c2ccccc2-c2ccccc2-c2ccc(N(c3ccc(-c4ccccc4-c4ccccc4-c4ccccc4)cc3)c3ccc4c(c3)sc3ccccc34)cc2)cc1. The van der Waals surface area contributed by atoms with Gasteiger partial charge < -0.3 is 4.90 Å². The standard InChI is InChI=1S/C60H41NS/c1-3-17-42(18-4-1)49-21-7-11-25-53(49)55-27-13-9-23-51(55)44-31-35-46(36-32-44)61(48-39-40-58-57-29-15-16-30-59(57)62-60(58)41-48)47-37-33-45(34-38-47)52-24-10-14-28-56(52)54-26-12-8-22-50(54)43-19-5-2-6-20-43/h1-41H. The van der Waals surface area contributed by atoms with Crippen molar-refractivity contribution in [2.45, 2.75) is 0 Å². The normalized spacial score (nSPS) is 11.2. The van der Waals surface area contributed by atoms with E-state index in [2.05, 4.69) is 254 Å². The molecule has 1 heterocycles. The van der Waals surface area contributed by atoms with Crippen LogP contribution in [0.25, 0.3) is 86.9 Å². The second-order valence-electron chi connectivity index (χ2n) is 15.6. The van der Waals surface area contributed by atoms with Gasteiger partial charge in [-0.3, -0.25) is 0 Å². The minimum Gasteiger partial charge on any atom is -0.310 e. The largest absolute Gasteiger partial charge is 0.310 e. The van der Waals surface area contributed by atoms with Gasteiger partial charge in [-0.1, -0.05) is 206 Å². The summed E-state index contributed by atoms with van der Waals surface area (Å²) in [6, 6.07) is 90.2. The second kappa shape index (κ2) is 16.3. The summed E-state index contributed by atoms with van der Waals surface area (Å²) in [5.41, 5.74) is 17.9. The first-order valence-corrected chi connectivity index (χ1v) is 22.0. The van der Waals surface area contributed by atoms with Crippen molar-refractivity contribution in [1.29, 1.82) is 0 Å². The highest BCUT2D eigenvalue weighted by Gasteiger charge is 2.18. The lowest BCUT2D eigenvalue weighted by Crippen LogP contribution is -2.09. The molecule has 0 radical (unpaired) electrons. The molecule has 0 aliphatic rings. The molecule has 11 aromatic rings. The minimum atomic E-state index is 1.10.